The normalized spacial score (nSPS) is 17.2. The first-order valence-corrected chi connectivity index (χ1v) is 9.86. The summed E-state index contributed by atoms with van der Waals surface area (Å²) in [6, 6.07) is 9.00. The molecule has 3 N–H and O–H groups in total. The van der Waals surface area contributed by atoms with Crippen LogP contribution in [0.1, 0.15) is 41.1 Å². The number of nitrogens with two attached hydrogens (primary N) is 1. The lowest BCUT2D eigenvalue weighted by atomic mass is 9.88. The third kappa shape index (κ3) is 3.50. The SMILES string of the molecule is COc1c(C)cc(C)cc1S(=O)(=O)NC1CCCc2cc(N)ccc21. The van der Waals surface area contributed by atoms with E-state index in [4.69, 9.17) is 10.5 Å². The first-order chi connectivity index (χ1) is 11.8. The van der Waals surface area contributed by atoms with E-state index in [1.165, 1.54) is 7.11 Å². The fourth-order valence-electron chi connectivity index (χ4n) is 3.58. The van der Waals surface area contributed by atoms with Crippen LogP contribution in [0.5, 0.6) is 5.75 Å². The van der Waals surface area contributed by atoms with Crippen LogP contribution in [-0.4, -0.2) is 15.5 Å². The van der Waals surface area contributed by atoms with E-state index in [1.807, 2.05) is 38.1 Å². The molecule has 0 radical (unpaired) electrons. The van der Waals surface area contributed by atoms with Gasteiger partial charge in [0.2, 0.25) is 10.0 Å². The van der Waals surface area contributed by atoms with Gasteiger partial charge in [-0.05, 0) is 73.6 Å². The number of anilines is 1. The predicted octanol–water partition coefficient (Wildman–Crippen LogP) is 3.25. The summed E-state index contributed by atoms with van der Waals surface area (Å²) in [6.07, 6.45) is 2.61. The number of rotatable bonds is 4. The number of sulfonamides is 1. The highest BCUT2D eigenvalue weighted by molar-refractivity contribution is 7.89. The number of nitrogen functional groups attached to an aromatic ring is 1. The minimum absolute atomic E-state index is 0.190. The fraction of sp³-hybridized carbons (Fsp3) is 0.368. The maximum atomic E-state index is 13.0. The van der Waals surface area contributed by atoms with Crippen molar-refractivity contribution in [2.45, 2.75) is 44.0 Å². The highest BCUT2D eigenvalue weighted by Crippen LogP contribution is 2.34. The van der Waals surface area contributed by atoms with E-state index < -0.39 is 10.0 Å². The Morgan fingerprint density at radius 2 is 1.96 bits per heavy atom. The van der Waals surface area contributed by atoms with E-state index >= 15 is 0 Å². The van der Waals surface area contributed by atoms with Crippen LogP contribution in [0.3, 0.4) is 0 Å². The van der Waals surface area contributed by atoms with Crippen LogP contribution < -0.4 is 15.2 Å². The molecule has 1 atom stereocenters. The van der Waals surface area contributed by atoms with Crippen LogP contribution in [-0.2, 0) is 16.4 Å². The third-order valence-corrected chi connectivity index (χ3v) is 6.13. The molecule has 25 heavy (non-hydrogen) atoms. The molecule has 0 aromatic heterocycles. The average molecular weight is 360 g/mol. The molecule has 0 saturated carbocycles. The molecular weight excluding hydrogens is 336 g/mol. The molecule has 0 fully saturated rings. The summed E-state index contributed by atoms with van der Waals surface area (Å²) in [4.78, 5) is 0.190. The fourth-order valence-corrected chi connectivity index (χ4v) is 5.16. The summed E-state index contributed by atoms with van der Waals surface area (Å²) in [7, 11) is -2.21. The Morgan fingerprint density at radius 1 is 1.20 bits per heavy atom. The van der Waals surface area contributed by atoms with E-state index in [0.717, 1.165) is 41.5 Å². The van der Waals surface area contributed by atoms with Gasteiger partial charge in [-0.15, -0.1) is 0 Å². The van der Waals surface area contributed by atoms with Gasteiger partial charge in [0, 0.05) is 11.7 Å². The first-order valence-electron chi connectivity index (χ1n) is 8.37. The van der Waals surface area contributed by atoms with Crippen molar-refractivity contribution in [1.82, 2.24) is 4.72 Å². The van der Waals surface area contributed by atoms with Crippen molar-refractivity contribution in [3.05, 3.63) is 52.6 Å². The summed E-state index contributed by atoms with van der Waals surface area (Å²) in [5.41, 5.74) is 10.4. The van der Waals surface area contributed by atoms with Crippen molar-refractivity contribution in [2.24, 2.45) is 0 Å². The highest BCUT2D eigenvalue weighted by Gasteiger charge is 2.28. The number of hydrogen-bond donors (Lipinski definition) is 2. The zero-order valence-corrected chi connectivity index (χ0v) is 15.6. The van der Waals surface area contributed by atoms with Gasteiger partial charge in [0.25, 0.3) is 0 Å². The predicted molar refractivity (Wildman–Crippen MR) is 99.3 cm³/mol. The molecule has 1 aliphatic rings. The first kappa shape index (κ1) is 17.8. The number of fused-ring (bicyclic) bond motifs is 1. The Hall–Kier alpha value is -2.05. The molecule has 134 valence electrons. The molecular formula is C19H24N2O3S. The number of methoxy groups -OCH3 is 1. The lowest BCUT2D eigenvalue weighted by Gasteiger charge is -2.27. The van der Waals surface area contributed by atoms with Crippen molar-refractivity contribution in [2.75, 3.05) is 12.8 Å². The zero-order chi connectivity index (χ0) is 18.2. The van der Waals surface area contributed by atoms with Gasteiger partial charge in [0.15, 0.2) is 0 Å². The quantitative estimate of drug-likeness (QED) is 0.820. The van der Waals surface area contributed by atoms with E-state index in [9.17, 15) is 8.42 Å². The van der Waals surface area contributed by atoms with Gasteiger partial charge in [-0.25, -0.2) is 13.1 Å². The minimum atomic E-state index is -3.71. The molecule has 2 aromatic rings. The van der Waals surface area contributed by atoms with Gasteiger partial charge >= 0.3 is 0 Å². The summed E-state index contributed by atoms with van der Waals surface area (Å²) in [5, 5.41) is 0. The molecule has 0 heterocycles. The average Bonchev–Trinajstić information content (AvgIpc) is 2.54. The van der Waals surface area contributed by atoms with Crippen LogP contribution in [0.2, 0.25) is 0 Å². The van der Waals surface area contributed by atoms with Gasteiger partial charge in [0.1, 0.15) is 10.6 Å². The summed E-state index contributed by atoms with van der Waals surface area (Å²) in [5.74, 6) is 0.395. The second-order valence-corrected chi connectivity index (χ2v) is 8.32. The third-order valence-electron chi connectivity index (χ3n) is 4.66. The second kappa shape index (κ2) is 6.69. The lowest BCUT2D eigenvalue weighted by molar-refractivity contribution is 0.398. The molecule has 0 saturated heterocycles. The molecule has 0 spiro atoms. The zero-order valence-electron chi connectivity index (χ0n) is 14.8. The molecule has 1 unspecified atom stereocenters. The molecule has 1 aliphatic carbocycles. The molecule has 2 aromatic carbocycles. The molecule has 3 rings (SSSR count). The summed E-state index contributed by atoms with van der Waals surface area (Å²) < 4.78 is 34.3. The number of nitrogens with one attached hydrogen (secondary N) is 1. The number of ether oxygens (including phenoxy) is 1. The molecule has 5 nitrogen and oxygen atoms in total. The lowest BCUT2D eigenvalue weighted by Crippen LogP contribution is -2.31. The van der Waals surface area contributed by atoms with Crippen molar-refractivity contribution in [3.8, 4) is 5.75 Å². The Balaban J connectivity index is 1.99. The smallest absolute Gasteiger partial charge is 0.244 e. The maximum absolute atomic E-state index is 13.0. The monoisotopic (exact) mass is 360 g/mol. The van der Waals surface area contributed by atoms with E-state index in [1.54, 1.807) is 6.07 Å². The largest absolute Gasteiger partial charge is 0.495 e. The van der Waals surface area contributed by atoms with Gasteiger partial charge in [-0.3, -0.25) is 0 Å². The molecule has 0 bridgehead atoms. The summed E-state index contributed by atoms with van der Waals surface area (Å²) in [6.45, 7) is 3.73. The Labute approximate surface area is 149 Å². The van der Waals surface area contributed by atoms with Crippen LogP contribution in [0.15, 0.2) is 35.2 Å². The van der Waals surface area contributed by atoms with Gasteiger partial charge in [0.05, 0.1) is 7.11 Å². The Kier molecular flexibility index (Phi) is 4.75. The number of benzene rings is 2. The molecule has 0 amide bonds. The molecule has 0 aliphatic heterocycles. The van der Waals surface area contributed by atoms with Crippen molar-refractivity contribution >= 4 is 15.7 Å². The van der Waals surface area contributed by atoms with Crippen LogP contribution in [0, 0.1) is 13.8 Å². The van der Waals surface area contributed by atoms with Crippen LogP contribution in [0.25, 0.3) is 0 Å². The van der Waals surface area contributed by atoms with Gasteiger partial charge in [-0.2, -0.15) is 0 Å². The number of hydrogen-bond acceptors (Lipinski definition) is 4. The van der Waals surface area contributed by atoms with E-state index in [2.05, 4.69) is 4.72 Å². The minimum Gasteiger partial charge on any atom is -0.495 e. The van der Waals surface area contributed by atoms with E-state index in [-0.39, 0.29) is 10.9 Å². The van der Waals surface area contributed by atoms with Gasteiger partial charge < -0.3 is 10.5 Å². The van der Waals surface area contributed by atoms with E-state index in [0.29, 0.717) is 11.4 Å². The van der Waals surface area contributed by atoms with Crippen LogP contribution in [0.4, 0.5) is 5.69 Å². The van der Waals surface area contributed by atoms with Crippen LogP contribution >= 0.6 is 0 Å². The Morgan fingerprint density at radius 3 is 2.68 bits per heavy atom. The topological polar surface area (TPSA) is 81.4 Å². The summed E-state index contributed by atoms with van der Waals surface area (Å²) >= 11 is 0. The Bertz CT molecular complexity index is 907. The van der Waals surface area contributed by atoms with Crippen molar-refractivity contribution in [1.29, 1.82) is 0 Å². The second-order valence-electron chi connectivity index (χ2n) is 6.64. The van der Waals surface area contributed by atoms with Crippen molar-refractivity contribution < 1.29 is 13.2 Å². The molecule has 6 heteroatoms. The maximum Gasteiger partial charge on any atom is 0.244 e. The number of aryl methyl sites for hydroxylation is 3. The highest BCUT2D eigenvalue weighted by atomic mass is 32.2. The standard InChI is InChI=1S/C19H24N2O3S/c1-12-9-13(2)19(24-3)18(10-12)25(22,23)21-17-6-4-5-14-11-15(20)7-8-16(14)17/h7-11,17,21H,4-6,20H2,1-3H3. The van der Waals surface area contributed by atoms with Gasteiger partial charge in [-0.1, -0.05) is 12.1 Å². The van der Waals surface area contributed by atoms with Crippen molar-refractivity contribution in [3.63, 3.8) is 0 Å².